The fraction of sp³-hybridized carbons (Fsp3) is 0.167. The second-order valence-electron chi connectivity index (χ2n) is 3.91. The summed E-state index contributed by atoms with van der Waals surface area (Å²) in [5, 5.41) is 3.06. The number of nitrogens with zero attached hydrogens (tertiary/aromatic N) is 1. The Kier molecular flexibility index (Phi) is 3.18. The summed E-state index contributed by atoms with van der Waals surface area (Å²) >= 11 is 0. The number of nitrogen functional groups attached to an aromatic ring is 1. The molecule has 94 valence electrons. The van der Waals surface area contributed by atoms with Crippen molar-refractivity contribution in [2.24, 2.45) is 5.73 Å². The van der Waals surface area contributed by atoms with Crippen molar-refractivity contribution in [1.82, 2.24) is 4.98 Å². The summed E-state index contributed by atoms with van der Waals surface area (Å²) in [6, 6.07) is 4.99. The van der Waals surface area contributed by atoms with E-state index in [2.05, 4.69) is 10.3 Å². The molecule has 1 atom stereocenters. The molecule has 6 heteroatoms. The van der Waals surface area contributed by atoms with Crippen LogP contribution in [0.4, 0.5) is 11.5 Å². The van der Waals surface area contributed by atoms with E-state index in [0.717, 1.165) is 5.76 Å². The number of pyridine rings is 1. The predicted molar refractivity (Wildman–Crippen MR) is 67.9 cm³/mol. The Labute approximate surface area is 104 Å². The number of hydrogen-bond donors (Lipinski definition) is 3. The van der Waals surface area contributed by atoms with Gasteiger partial charge in [-0.25, -0.2) is 4.98 Å². The molecular weight excluding hydrogens is 232 g/mol. The first-order valence-electron chi connectivity index (χ1n) is 5.43. The molecule has 5 N–H and O–H groups in total. The summed E-state index contributed by atoms with van der Waals surface area (Å²) in [6.45, 7) is 1.89. The van der Waals surface area contributed by atoms with E-state index in [1.165, 1.54) is 12.3 Å². The van der Waals surface area contributed by atoms with Gasteiger partial charge in [-0.3, -0.25) is 4.79 Å². The van der Waals surface area contributed by atoms with Gasteiger partial charge >= 0.3 is 0 Å². The molecule has 6 nitrogen and oxygen atoms in total. The van der Waals surface area contributed by atoms with Crippen molar-refractivity contribution in [3.05, 3.63) is 42.0 Å². The van der Waals surface area contributed by atoms with Gasteiger partial charge in [0, 0.05) is 0 Å². The van der Waals surface area contributed by atoms with Gasteiger partial charge in [0.2, 0.25) is 0 Å². The zero-order valence-electron chi connectivity index (χ0n) is 9.88. The number of nitrogens with two attached hydrogens (primary N) is 2. The van der Waals surface area contributed by atoms with Crippen LogP contribution in [0, 0.1) is 0 Å². The molecule has 0 aliphatic rings. The highest BCUT2D eigenvalue weighted by Gasteiger charge is 2.14. The summed E-state index contributed by atoms with van der Waals surface area (Å²) in [7, 11) is 0. The lowest BCUT2D eigenvalue weighted by molar-refractivity contribution is 0.100. The summed E-state index contributed by atoms with van der Waals surface area (Å²) < 4.78 is 5.26. The smallest absolute Gasteiger partial charge is 0.252 e. The molecule has 0 radical (unpaired) electrons. The van der Waals surface area contributed by atoms with Crippen molar-refractivity contribution >= 4 is 17.4 Å². The second kappa shape index (κ2) is 4.79. The quantitative estimate of drug-likeness (QED) is 0.758. The number of carbonyl (C=O) groups excluding carboxylic acids is 1. The number of furan rings is 1. The molecule has 0 aliphatic heterocycles. The average molecular weight is 246 g/mol. The molecule has 0 saturated heterocycles. The molecule has 2 heterocycles. The standard InChI is InChI=1S/C12H14N4O2/c1-7(10-3-2-4-18-10)16-12-9(11(14)17)5-8(13)6-15-12/h2-7H,13H2,1H3,(H2,14,17)(H,15,16). The Morgan fingerprint density at radius 2 is 2.33 bits per heavy atom. The van der Waals surface area contributed by atoms with Gasteiger partial charge < -0.3 is 21.2 Å². The van der Waals surface area contributed by atoms with Crippen LogP contribution >= 0.6 is 0 Å². The molecule has 1 amide bonds. The number of aromatic nitrogens is 1. The van der Waals surface area contributed by atoms with Crippen molar-refractivity contribution in [2.45, 2.75) is 13.0 Å². The molecule has 0 saturated carbocycles. The van der Waals surface area contributed by atoms with Crippen LogP contribution in [0.25, 0.3) is 0 Å². The Morgan fingerprint density at radius 1 is 1.56 bits per heavy atom. The van der Waals surface area contributed by atoms with Crippen molar-refractivity contribution in [2.75, 3.05) is 11.1 Å². The van der Waals surface area contributed by atoms with Gasteiger partial charge in [-0.2, -0.15) is 0 Å². The van der Waals surface area contributed by atoms with Crippen LogP contribution in [-0.4, -0.2) is 10.9 Å². The number of anilines is 2. The van der Waals surface area contributed by atoms with Crippen LogP contribution < -0.4 is 16.8 Å². The van der Waals surface area contributed by atoms with Crippen LogP contribution in [0.5, 0.6) is 0 Å². The van der Waals surface area contributed by atoms with Crippen LogP contribution in [0.3, 0.4) is 0 Å². The molecule has 0 aliphatic carbocycles. The van der Waals surface area contributed by atoms with Gasteiger partial charge in [-0.1, -0.05) is 0 Å². The van der Waals surface area contributed by atoms with Crippen LogP contribution in [0.1, 0.15) is 29.1 Å². The minimum Gasteiger partial charge on any atom is -0.467 e. The van der Waals surface area contributed by atoms with E-state index in [4.69, 9.17) is 15.9 Å². The summed E-state index contributed by atoms with van der Waals surface area (Å²) in [5.41, 5.74) is 11.5. The molecule has 2 aromatic rings. The predicted octanol–water partition coefficient (Wildman–Crippen LogP) is 1.53. The number of rotatable bonds is 4. The third-order valence-electron chi connectivity index (χ3n) is 2.50. The highest BCUT2D eigenvalue weighted by Crippen LogP contribution is 2.21. The minimum atomic E-state index is -0.580. The normalized spacial score (nSPS) is 12.1. The van der Waals surface area contributed by atoms with Crippen LogP contribution in [-0.2, 0) is 0 Å². The molecule has 18 heavy (non-hydrogen) atoms. The van der Waals surface area contributed by atoms with E-state index in [0.29, 0.717) is 11.5 Å². The number of amides is 1. The highest BCUT2D eigenvalue weighted by molar-refractivity contribution is 5.98. The first-order valence-corrected chi connectivity index (χ1v) is 5.43. The Bertz CT molecular complexity index is 551. The first kappa shape index (κ1) is 12.0. The highest BCUT2D eigenvalue weighted by atomic mass is 16.3. The number of nitrogens with one attached hydrogen (secondary N) is 1. The SMILES string of the molecule is CC(Nc1ncc(N)cc1C(N)=O)c1ccco1. The van der Waals surface area contributed by atoms with Gasteiger partial charge in [0.25, 0.3) is 5.91 Å². The van der Waals surface area contributed by atoms with Crippen LogP contribution in [0.2, 0.25) is 0 Å². The van der Waals surface area contributed by atoms with E-state index in [1.54, 1.807) is 12.3 Å². The number of hydrogen-bond acceptors (Lipinski definition) is 5. The lowest BCUT2D eigenvalue weighted by atomic mass is 10.2. The summed E-state index contributed by atoms with van der Waals surface area (Å²) in [4.78, 5) is 15.4. The zero-order chi connectivity index (χ0) is 13.1. The molecule has 0 bridgehead atoms. The summed E-state index contributed by atoms with van der Waals surface area (Å²) in [5.74, 6) is 0.550. The van der Waals surface area contributed by atoms with Crippen molar-refractivity contribution in [3.8, 4) is 0 Å². The Morgan fingerprint density at radius 3 is 2.94 bits per heavy atom. The third-order valence-corrected chi connectivity index (χ3v) is 2.50. The third kappa shape index (κ3) is 2.42. The van der Waals surface area contributed by atoms with E-state index in [-0.39, 0.29) is 11.6 Å². The lowest BCUT2D eigenvalue weighted by Gasteiger charge is -2.14. The number of carbonyl (C=O) groups is 1. The van der Waals surface area contributed by atoms with Gasteiger partial charge in [-0.05, 0) is 25.1 Å². The van der Waals surface area contributed by atoms with Gasteiger partial charge in [0.15, 0.2) is 0 Å². The van der Waals surface area contributed by atoms with Crippen molar-refractivity contribution in [3.63, 3.8) is 0 Å². The van der Waals surface area contributed by atoms with E-state index in [1.807, 2.05) is 13.0 Å². The largest absolute Gasteiger partial charge is 0.467 e. The first-order chi connectivity index (χ1) is 8.58. The van der Waals surface area contributed by atoms with Gasteiger partial charge in [0.05, 0.1) is 29.8 Å². The monoisotopic (exact) mass is 246 g/mol. The lowest BCUT2D eigenvalue weighted by Crippen LogP contribution is -2.17. The summed E-state index contributed by atoms with van der Waals surface area (Å²) in [6.07, 6.45) is 3.04. The molecule has 2 rings (SSSR count). The topological polar surface area (TPSA) is 107 Å². The number of primary amides is 1. The van der Waals surface area contributed by atoms with Gasteiger partial charge in [-0.15, -0.1) is 0 Å². The zero-order valence-corrected chi connectivity index (χ0v) is 9.88. The second-order valence-corrected chi connectivity index (χ2v) is 3.91. The fourth-order valence-corrected chi connectivity index (χ4v) is 1.60. The van der Waals surface area contributed by atoms with E-state index < -0.39 is 5.91 Å². The Hall–Kier alpha value is -2.50. The molecule has 0 aromatic carbocycles. The molecule has 2 aromatic heterocycles. The Balaban J connectivity index is 2.26. The molecular formula is C12H14N4O2. The molecule has 1 unspecified atom stereocenters. The molecule has 0 spiro atoms. The maximum atomic E-state index is 11.3. The maximum Gasteiger partial charge on any atom is 0.252 e. The minimum absolute atomic E-state index is 0.130. The molecule has 0 fully saturated rings. The van der Waals surface area contributed by atoms with Gasteiger partial charge in [0.1, 0.15) is 11.6 Å². The van der Waals surface area contributed by atoms with Crippen LogP contribution in [0.15, 0.2) is 35.1 Å². The van der Waals surface area contributed by atoms with E-state index >= 15 is 0 Å². The van der Waals surface area contributed by atoms with Crippen molar-refractivity contribution < 1.29 is 9.21 Å². The maximum absolute atomic E-state index is 11.3. The fourth-order valence-electron chi connectivity index (χ4n) is 1.60. The van der Waals surface area contributed by atoms with Crippen molar-refractivity contribution in [1.29, 1.82) is 0 Å². The average Bonchev–Trinajstić information content (AvgIpc) is 2.84. The van der Waals surface area contributed by atoms with E-state index in [9.17, 15) is 4.79 Å².